The third kappa shape index (κ3) is 4.24. The smallest absolute Gasteiger partial charge is 0.289 e. The molecule has 1 aromatic carbocycles. The summed E-state index contributed by atoms with van der Waals surface area (Å²) in [7, 11) is 1.60. The van der Waals surface area contributed by atoms with Crippen LogP contribution in [0.1, 0.15) is 34.7 Å². The summed E-state index contributed by atoms with van der Waals surface area (Å²) in [6, 6.07) is 13.7. The quantitative estimate of drug-likeness (QED) is 0.816. The van der Waals surface area contributed by atoms with E-state index in [1.807, 2.05) is 23.1 Å². The van der Waals surface area contributed by atoms with Crippen molar-refractivity contribution >= 4 is 5.91 Å². The van der Waals surface area contributed by atoms with Gasteiger partial charge in [0.15, 0.2) is 5.76 Å². The monoisotopic (exact) mass is 329 g/mol. The van der Waals surface area contributed by atoms with Crippen molar-refractivity contribution in [3.8, 4) is 0 Å². The Kier molecular flexibility index (Phi) is 5.67. The van der Waals surface area contributed by atoms with Gasteiger partial charge in [0, 0.05) is 20.2 Å². The van der Waals surface area contributed by atoms with E-state index in [2.05, 4.69) is 12.1 Å². The predicted molar refractivity (Wildman–Crippen MR) is 89.6 cm³/mol. The Hall–Kier alpha value is -2.11. The molecule has 0 saturated carbocycles. The molecule has 1 aromatic heterocycles. The molecule has 5 nitrogen and oxygen atoms in total. The van der Waals surface area contributed by atoms with E-state index in [0.29, 0.717) is 37.8 Å². The summed E-state index contributed by atoms with van der Waals surface area (Å²) in [6.07, 6.45) is 1.91. The van der Waals surface area contributed by atoms with Crippen molar-refractivity contribution in [3.05, 3.63) is 59.5 Å². The topological polar surface area (TPSA) is 51.9 Å². The van der Waals surface area contributed by atoms with Gasteiger partial charge in [-0.25, -0.2) is 0 Å². The molecule has 2 aromatic rings. The molecule has 5 heteroatoms. The molecular formula is C19H23NO4. The largest absolute Gasteiger partial charge is 0.453 e. The molecule has 24 heavy (non-hydrogen) atoms. The first-order valence-corrected chi connectivity index (χ1v) is 8.28. The first-order chi connectivity index (χ1) is 11.8. The Morgan fingerprint density at radius 3 is 2.58 bits per heavy atom. The van der Waals surface area contributed by atoms with Crippen molar-refractivity contribution in [1.82, 2.24) is 4.90 Å². The molecule has 0 unspecified atom stereocenters. The Bertz CT molecular complexity index is 644. The number of carbonyl (C=O) groups is 1. The second-order valence-corrected chi connectivity index (χ2v) is 5.99. The number of nitrogens with zero attached hydrogens (tertiary/aromatic N) is 1. The number of methoxy groups -OCH3 is 1. The standard InChI is InChI=1S/C19H23NO4/c1-22-14-17-7-8-18(24-17)19(21)20-11-9-16(10-12-20)23-13-15-5-3-2-4-6-15/h2-8,16H,9-14H2,1H3. The summed E-state index contributed by atoms with van der Waals surface area (Å²) >= 11 is 0. The summed E-state index contributed by atoms with van der Waals surface area (Å²) in [5.41, 5.74) is 1.18. The summed E-state index contributed by atoms with van der Waals surface area (Å²) in [5, 5.41) is 0. The zero-order chi connectivity index (χ0) is 16.8. The first kappa shape index (κ1) is 16.7. The highest BCUT2D eigenvalue weighted by Gasteiger charge is 2.25. The highest BCUT2D eigenvalue weighted by atomic mass is 16.5. The number of ether oxygens (including phenoxy) is 2. The zero-order valence-electron chi connectivity index (χ0n) is 13.9. The average molecular weight is 329 g/mol. The predicted octanol–water partition coefficient (Wildman–Crippen LogP) is 3.25. The van der Waals surface area contributed by atoms with Gasteiger partial charge in [-0.3, -0.25) is 4.79 Å². The lowest BCUT2D eigenvalue weighted by atomic mass is 10.1. The normalized spacial score (nSPS) is 15.6. The van der Waals surface area contributed by atoms with Crippen LogP contribution in [0.2, 0.25) is 0 Å². The molecule has 0 spiro atoms. The number of amides is 1. The van der Waals surface area contributed by atoms with Gasteiger partial charge in [-0.1, -0.05) is 30.3 Å². The minimum atomic E-state index is -0.0566. The number of furan rings is 1. The Balaban J connectivity index is 1.46. The van der Waals surface area contributed by atoms with Crippen LogP contribution in [0.15, 0.2) is 46.9 Å². The fourth-order valence-electron chi connectivity index (χ4n) is 2.88. The van der Waals surface area contributed by atoms with E-state index in [9.17, 15) is 4.79 Å². The molecule has 1 aliphatic rings. The van der Waals surface area contributed by atoms with Gasteiger partial charge < -0.3 is 18.8 Å². The maximum atomic E-state index is 12.5. The van der Waals surface area contributed by atoms with Gasteiger partial charge in [0.25, 0.3) is 5.91 Å². The van der Waals surface area contributed by atoms with E-state index in [0.717, 1.165) is 12.8 Å². The fourth-order valence-corrected chi connectivity index (χ4v) is 2.88. The van der Waals surface area contributed by atoms with Gasteiger partial charge in [-0.15, -0.1) is 0 Å². The number of carbonyl (C=O) groups excluding carboxylic acids is 1. The lowest BCUT2D eigenvalue weighted by Gasteiger charge is -2.31. The van der Waals surface area contributed by atoms with E-state index in [1.165, 1.54) is 5.56 Å². The van der Waals surface area contributed by atoms with Gasteiger partial charge in [-0.2, -0.15) is 0 Å². The van der Waals surface area contributed by atoms with E-state index < -0.39 is 0 Å². The number of piperidine rings is 1. The average Bonchev–Trinajstić information content (AvgIpc) is 3.10. The maximum Gasteiger partial charge on any atom is 0.289 e. The van der Waals surface area contributed by atoms with Crippen molar-refractivity contribution < 1.29 is 18.7 Å². The van der Waals surface area contributed by atoms with Gasteiger partial charge in [0.2, 0.25) is 0 Å². The Morgan fingerprint density at radius 2 is 1.88 bits per heavy atom. The Morgan fingerprint density at radius 1 is 1.12 bits per heavy atom. The van der Waals surface area contributed by atoms with Crippen LogP contribution in [0.4, 0.5) is 0 Å². The van der Waals surface area contributed by atoms with Gasteiger partial charge in [-0.05, 0) is 30.5 Å². The van der Waals surface area contributed by atoms with Gasteiger partial charge in [0.05, 0.1) is 12.7 Å². The number of hydrogen-bond acceptors (Lipinski definition) is 4. The first-order valence-electron chi connectivity index (χ1n) is 8.28. The zero-order valence-corrected chi connectivity index (χ0v) is 13.9. The molecule has 1 aliphatic heterocycles. The van der Waals surface area contributed by atoms with Crippen molar-refractivity contribution in [2.24, 2.45) is 0 Å². The van der Waals surface area contributed by atoms with Crippen molar-refractivity contribution in [1.29, 1.82) is 0 Å². The van der Waals surface area contributed by atoms with Crippen LogP contribution < -0.4 is 0 Å². The van der Waals surface area contributed by atoms with Crippen LogP contribution in [-0.4, -0.2) is 37.1 Å². The molecule has 0 N–H and O–H groups in total. The summed E-state index contributed by atoms with van der Waals surface area (Å²) < 4.78 is 16.5. The van der Waals surface area contributed by atoms with Crippen LogP contribution in [0.3, 0.4) is 0 Å². The van der Waals surface area contributed by atoms with Gasteiger partial charge in [0.1, 0.15) is 12.4 Å². The maximum absolute atomic E-state index is 12.5. The number of rotatable bonds is 6. The number of benzene rings is 1. The number of likely N-dealkylation sites (tertiary alicyclic amines) is 1. The second kappa shape index (κ2) is 8.13. The van der Waals surface area contributed by atoms with E-state index in [1.54, 1.807) is 19.2 Å². The molecular weight excluding hydrogens is 306 g/mol. The minimum Gasteiger partial charge on any atom is -0.453 e. The third-order valence-corrected chi connectivity index (χ3v) is 4.22. The molecule has 1 amide bonds. The molecule has 0 atom stereocenters. The van der Waals surface area contributed by atoms with Crippen LogP contribution >= 0.6 is 0 Å². The molecule has 2 heterocycles. The molecule has 1 fully saturated rings. The molecule has 0 radical (unpaired) electrons. The lowest BCUT2D eigenvalue weighted by molar-refractivity contribution is -0.00112. The van der Waals surface area contributed by atoms with Crippen molar-refractivity contribution in [2.45, 2.75) is 32.2 Å². The van der Waals surface area contributed by atoms with Crippen LogP contribution in [0, 0.1) is 0 Å². The minimum absolute atomic E-state index is 0.0566. The highest BCUT2D eigenvalue weighted by molar-refractivity contribution is 5.91. The molecule has 1 saturated heterocycles. The number of hydrogen-bond donors (Lipinski definition) is 0. The van der Waals surface area contributed by atoms with Crippen molar-refractivity contribution in [3.63, 3.8) is 0 Å². The summed E-state index contributed by atoms with van der Waals surface area (Å²) in [4.78, 5) is 14.3. The second-order valence-electron chi connectivity index (χ2n) is 5.99. The molecule has 3 rings (SSSR count). The van der Waals surface area contributed by atoms with E-state index in [4.69, 9.17) is 13.9 Å². The highest BCUT2D eigenvalue weighted by Crippen LogP contribution is 2.19. The summed E-state index contributed by atoms with van der Waals surface area (Å²) in [5.74, 6) is 0.992. The third-order valence-electron chi connectivity index (χ3n) is 4.22. The summed E-state index contributed by atoms with van der Waals surface area (Å²) in [6.45, 7) is 2.39. The molecule has 0 bridgehead atoms. The SMILES string of the molecule is COCc1ccc(C(=O)N2CCC(OCc3ccccc3)CC2)o1. The fraction of sp³-hybridized carbons (Fsp3) is 0.421. The van der Waals surface area contributed by atoms with Crippen LogP contribution in [0.5, 0.6) is 0 Å². The molecule has 0 aliphatic carbocycles. The Labute approximate surface area is 142 Å². The van der Waals surface area contributed by atoms with Crippen LogP contribution in [-0.2, 0) is 22.7 Å². The lowest BCUT2D eigenvalue weighted by Crippen LogP contribution is -2.40. The molecule has 128 valence electrons. The van der Waals surface area contributed by atoms with Gasteiger partial charge >= 0.3 is 0 Å². The van der Waals surface area contributed by atoms with E-state index >= 15 is 0 Å². The van der Waals surface area contributed by atoms with E-state index in [-0.39, 0.29) is 12.0 Å². The van der Waals surface area contributed by atoms with Crippen LogP contribution in [0.25, 0.3) is 0 Å². The van der Waals surface area contributed by atoms with Crippen molar-refractivity contribution in [2.75, 3.05) is 20.2 Å².